The largest absolute Gasteiger partial charge is 0.495 e. The second-order valence-electron chi connectivity index (χ2n) is 8.40. The molecule has 0 spiro atoms. The molecule has 0 atom stereocenters. The summed E-state index contributed by atoms with van der Waals surface area (Å²) in [7, 11) is 2.87. The lowest BCUT2D eigenvalue weighted by Crippen LogP contribution is -2.54. The second kappa shape index (κ2) is 9.53. The van der Waals surface area contributed by atoms with Gasteiger partial charge in [0, 0.05) is 37.9 Å². The van der Waals surface area contributed by atoms with Gasteiger partial charge >= 0.3 is 6.18 Å². The fraction of sp³-hybridized carbons (Fsp3) is 0.320. The number of aliphatic imine (C=N–C) groups is 1. The van der Waals surface area contributed by atoms with Crippen LogP contribution in [0.25, 0.3) is 0 Å². The van der Waals surface area contributed by atoms with E-state index in [1.807, 2.05) is 11.4 Å². The zero-order valence-electron chi connectivity index (χ0n) is 19.7. The molecule has 11 heteroatoms. The van der Waals surface area contributed by atoms with Gasteiger partial charge in [0.05, 0.1) is 42.6 Å². The van der Waals surface area contributed by atoms with E-state index in [0.717, 1.165) is 28.4 Å². The highest BCUT2D eigenvalue weighted by molar-refractivity contribution is 7.10. The zero-order valence-corrected chi connectivity index (χ0v) is 20.5. The second-order valence-corrected chi connectivity index (χ2v) is 9.40. The van der Waals surface area contributed by atoms with E-state index < -0.39 is 17.6 Å². The summed E-state index contributed by atoms with van der Waals surface area (Å²) in [5.74, 6) is 0.677. The highest BCUT2D eigenvalue weighted by Crippen LogP contribution is 2.41. The number of guanidine groups is 1. The van der Waals surface area contributed by atoms with Crippen LogP contribution in [0.2, 0.25) is 0 Å². The van der Waals surface area contributed by atoms with Crippen LogP contribution in [0.1, 0.15) is 10.4 Å². The van der Waals surface area contributed by atoms with Crippen LogP contribution >= 0.6 is 11.3 Å². The van der Waals surface area contributed by atoms with E-state index in [1.165, 1.54) is 37.7 Å². The van der Waals surface area contributed by atoms with Crippen molar-refractivity contribution in [2.75, 3.05) is 50.2 Å². The minimum absolute atomic E-state index is 0.180. The Kier molecular flexibility index (Phi) is 6.42. The molecule has 0 unspecified atom stereocenters. The topological polar surface area (TPSA) is 40.5 Å². The van der Waals surface area contributed by atoms with Gasteiger partial charge < -0.3 is 24.2 Å². The summed E-state index contributed by atoms with van der Waals surface area (Å²) in [5, 5.41) is 1.93. The van der Waals surface area contributed by atoms with Crippen LogP contribution in [0, 0.1) is 5.82 Å². The number of rotatable bonds is 4. The van der Waals surface area contributed by atoms with Gasteiger partial charge in [-0.05, 0) is 41.8 Å². The molecule has 6 nitrogen and oxygen atoms in total. The Bertz CT molecular complexity index is 1290. The molecule has 3 heterocycles. The van der Waals surface area contributed by atoms with E-state index >= 15 is 0 Å². The van der Waals surface area contributed by atoms with Gasteiger partial charge in [0.2, 0.25) is 5.96 Å². The van der Waals surface area contributed by atoms with Crippen LogP contribution in [-0.2, 0) is 12.7 Å². The van der Waals surface area contributed by atoms with Crippen LogP contribution < -0.4 is 19.3 Å². The van der Waals surface area contributed by atoms with Gasteiger partial charge in [0.15, 0.2) is 11.6 Å². The molecule has 0 bridgehead atoms. The number of anilines is 2. The van der Waals surface area contributed by atoms with Crippen LogP contribution in [0.15, 0.2) is 52.8 Å². The number of hydrogen-bond donors (Lipinski definition) is 0. The van der Waals surface area contributed by atoms with Gasteiger partial charge in [-0.15, -0.1) is 11.3 Å². The summed E-state index contributed by atoms with van der Waals surface area (Å²) in [6, 6.07) is 10.2. The van der Waals surface area contributed by atoms with Gasteiger partial charge in [0.1, 0.15) is 5.75 Å². The average Bonchev–Trinajstić information content (AvgIpc) is 3.35. The molecule has 0 amide bonds. The van der Waals surface area contributed by atoms with Crippen LogP contribution in [0.3, 0.4) is 0 Å². The number of thiophene rings is 1. The number of piperazine rings is 1. The van der Waals surface area contributed by atoms with E-state index in [4.69, 9.17) is 14.5 Å². The van der Waals surface area contributed by atoms with Crippen molar-refractivity contribution in [2.24, 2.45) is 4.99 Å². The lowest BCUT2D eigenvalue weighted by atomic mass is 10.1. The molecule has 0 N–H and O–H groups in total. The first-order chi connectivity index (χ1) is 17.3. The van der Waals surface area contributed by atoms with Crippen molar-refractivity contribution in [3.63, 3.8) is 0 Å². The lowest BCUT2D eigenvalue weighted by molar-refractivity contribution is -0.137. The third kappa shape index (κ3) is 4.55. The van der Waals surface area contributed by atoms with Gasteiger partial charge in [-0.2, -0.15) is 13.2 Å². The monoisotopic (exact) mass is 520 g/mol. The van der Waals surface area contributed by atoms with Crippen LogP contribution in [0.4, 0.5) is 34.6 Å². The molecule has 0 radical (unpaired) electrons. The summed E-state index contributed by atoms with van der Waals surface area (Å²) in [6.07, 6.45) is -4.48. The first-order valence-electron chi connectivity index (χ1n) is 11.3. The number of methoxy groups -OCH3 is 2. The Morgan fingerprint density at radius 2 is 1.61 bits per heavy atom. The van der Waals surface area contributed by atoms with Crippen LogP contribution in [0.5, 0.6) is 11.5 Å². The average molecular weight is 521 g/mol. The third-order valence-corrected chi connectivity index (χ3v) is 7.24. The fourth-order valence-corrected chi connectivity index (χ4v) is 5.25. The third-order valence-electron chi connectivity index (χ3n) is 6.34. The van der Waals surface area contributed by atoms with Crippen molar-refractivity contribution in [1.29, 1.82) is 0 Å². The first-order valence-corrected chi connectivity index (χ1v) is 12.2. The quantitative estimate of drug-likeness (QED) is 0.410. The molecule has 3 aromatic rings. The Morgan fingerprint density at radius 3 is 2.31 bits per heavy atom. The highest BCUT2D eigenvalue weighted by atomic mass is 32.1. The molecule has 0 saturated carbocycles. The van der Waals surface area contributed by atoms with Gasteiger partial charge in [0.25, 0.3) is 0 Å². The molecule has 1 saturated heterocycles. The summed E-state index contributed by atoms with van der Waals surface area (Å²) in [4.78, 5) is 11.8. The molecule has 1 fully saturated rings. The van der Waals surface area contributed by atoms with Crippen molar-refractivity contribution in [3.8, 4) is 11.5 Å². The Labute approximate surface area is 210 Å². The summed E-state index contributed by atoms with van der Waals surface area (Å²) in [6.45, 7) is 2.79. The minimum Gasteiger partial charge on any atom is -0.495 e. The minimum atomic E-state index is -4.48. The van der Waals surface area contributed by atoms with Gasteiger partial charge in [-0.25, -0.2) is 9.38 Å². The number of alkyl halides is 3. The zero-order chi connectivity index (χ0) is 25.4. The molecule has 0 aliphatic carbocycles. The Morgan fingerprint density at radius 1 is 0.889 bits per heavy atom. The van der Waals surface area contributed by atoms with E-state index in [0.29, 0.717) is 50.1 Å². The SMILES string of the molecule is COc1cc(N2CCN(C3=Nc4ccsc4CN3c3cc(C(F)(F)F)ccc3OC)CC2)ccc1F. The van der Waals surface area contributed by atoms with Crippen molar-refractivity contribution >= 4 is 34.4 Å². The standard InChI is InChI=1S/C25H24F4N4O2S/c1-34-21-6-3-16(25(27,28)29)13-20(21)33-15-23-19(7-12-36-23)30-24(33)32-10-8-31(9-11-32)17-4-5-18(26)22(14-17)35-2/h3-7,12-14H,8-11,15H2,1-2H3. The van der Waals surface area contributed by atoms with Gasteiger partial charge in [-0.1, -0.05) is 0 Å². The Balaban J connectivity index is 1.45. The molecule has 1 aromatic heterocycles. The van der Waals surface area contributed by atoms with Crippen molar-refractivity contribution < 1.29 is 27.0 Å². The number of nitrogens with zero attached hydrogens (tertiary/aromatic N) is 4. The molecule has 2 aromatic carbocycles. The number of halogens is 4. The van der Waals surface area contributed by atoms with E-state index in [-0.39, 0.29) is 5.75 Å². The van der Waals surface area contributed by atoms with Crippen molar-refractivity contribution in [2.45, 2.75) is 12.7 Å². The maximum atomic E-state index is 13.9. The van der Waals surface area contributed by atoms with Gasteiger partial charge in [-0.3, -0.25) is 0 Å². The van der Waals surface area contributed by atoms with Crippen LogP contribution in [-0.4, -0.2) is 51.3 Å². The molecule has 36 heavy (non-hydrogen) atoms. The molecule has 190 valence electrons. The predicted octanol–water partition coefficient (Wildman–Crippen LogP) is 5.75. The number of hydrogen-bond acceptors (Lipinski definition) is 7. The van der Waals surface area contributed by atoms with Crippen molar-refractivity contribution in [3.05, 3.63) is 64.1 Å². The summed E-state index contributed by atoms with van der Waals surface area (Å²) < 4.78 is 65.1. The van der Waals surface area contributed by atoms with E-state index in [1.54, 1.807) is 17.0 Å². The van der Waals surface area contributed by atoms with Crippen molar-refractivity contribution in [1.82, 2.24) is 4.90 Å². The van der Waals surface area contributed by atoms with E-state index in [2.05, 4.69) is 9.80 Å². The smallest absolute Gasteiger partial charge is 0.416 e. The summed E-state index contributed by atoms with van der Waals surface area (Å²) in [5.41, 5.74) is 1.23. The molecular weight excluding hydrogens is 496 g/mol. The summed E-state index contributed by atoms with van der Waals surface area (Å²) >= 11 is 1.52. The highest BCUT2D eigenvalue weighted by Gasteiger charge is 2.35. The number of ether oxygens (including phenoxy) is 2. The molecule has 5 rings (SSSR count). The lowest BCUT2D eigenvalue weighted by Gasteiger charge is -2.42. The number of benzene rings is 2. The predicted molar refractivity (Wildman–Crippen MR) is 132 cm³/mol. The van der Waals surface area contributed by atoms with E-state index in [9.17, 15) is 17.6 Å². The normalized spacial score (nSPS) is 16.1. The molecule has 2 aliphatic heterocycles. The maximum absolute atomic E-state index is 13.9. The number of fused-ring (bicyclic) bond motifs is 1. The Hall–Kier alpha value is -3.47. The first kappa shape index (κ1) is 24.2. The molecular formula is C25H24F4N4O2S. The fourth-order valence-electron chi connectivity index (χ4n) is 4.46. The molecule has 2 aliphatic rings. The maximum Gasteiger partial charge on any atom is 0.416 e.